The van der Waals surface area contributed by atoms with Crippen LogP contribution in [0, 0.1) is 0 Å². The normalized spacial score (nSPS) is 11.0. The van der Waals surface area contributed by atoms with E-state index in [0.29, 0.717) is 5.56 Å². The van der Waals surface area contributed by atoms with Gasteiger partial charge in [-0.2, -0.15) is 5.10 Å². The zero-order valence-electron chi connectivity index (χ0n) is 14.4. The van der Waals surface area contributed by atoms with Gasteiger partial charge < -0.3 is 0 Å². The summed E-state index contributed by atoms with van der Waals surface area (Å²) in [6.45, 7) is 0. The fourth-order valence-corrected chi connectivity index (χ4v) is 2.80. The third-order valence-electron chi connectivity index (χ3n) is 4.09. The zero-order chi connectivity index (χ0) is 18.5. The van der Waals surface area contributed by atoms with Gasteiger partial charge in [-0.1, -0.05) is 54.6 Å². The molecule has 0 aliphatic rings. The van der Waals surface area contributed by atoms with Crippen molar-refractivity contribution in [3.05, 3.63) is 96.3 Å². The summed E-state index contributed by atoms with van der Waals surface area (Å²) in [4.78, 5) is 21.5. The quantitative estimate of drug-likeness (QED) is 0.445. The monoisotopic (exact) mass is 352 g/mol. The van der Waals surface area contributed by atoms with Crippen LogP contribution in [0.15, 0.2) is 90.3 Å². The highest BCUT2D eigenvalue weighted by Gasteiger charge is 2.13. The molecule has 0 aliphatic heterocycles. The van der Waals surface area contributed by atoms with Crippen LogP contribution in [0.2, 0.25) is 0 Å². The maximum absolute atomic E-state index is 12.8. The molecular formula is C22H16N4O. The second-order valence-corrected chi connectivity index (χ2v) is 5.92. The second-order valence-electron chi connectivity index (χ2n) is 5.92. The number of rotatable bonds is 4. The fraction of sp³-hybridized carbons (Fsp3) is 0. The van der Waals surface area contributed by atoms with Crippen molar-refractivity contribution in [3.8, 4) is 11.3 Å². The lowest BCUT2D eigenvalue weighted by atomic mass is 10.0. The molecule has 130 valence electrons. The van der Waals surface area contributed by atoms with E-state index in [2.05, 4.69) is 20.5 Å². The lowest BCUT2D eigenvalue weighted by Crippen LogP contribution is -2.18. The molecule has 2 aromatic carbocycles. The Morgan fingerprint density at radius 3 is 2.59 bits per heavy atom. The summed E-state index contributed by atoms with van der Waals surface area (Å²) in [6.07, 6.45) is 4.92. The molecule has 0 spiro atoms. The van der Waals surface area contributed by atoms with Gasteiger partial charge in [-0.05, 0) is 18.2 Å². The highest BCUT2D eigenvalue weighted by Crippen LogP contribution is 2.24. The van der Waals surface area contributed by atoms with Crippen molar-refractivity contribution in [2.24, 2.45) is 5.10 Å². The van der Waals surface area contributed by atoms with Crippen LogP contribution in [0.5, 0.6) is 0 Å². The Morgan fingerprint density at radius 2 is 1.78 bits per heavy atom. The third-order valence-corrected chi connectivity index (χ3v) is 4.09. The molecule has 0 saturated carbocycles. The summed E-state index contributed by atoms with van der Waals surface area (Å²) in [6, 6.07) is 22.8. The second kappa shape index (κ2) is 7.58. The summed E-state index contributed by atoms with van der Waals surface area (Å²) in [5, 5.41) is 4.83. The highest BCUT2D eigenvalue weighted by atomic mass is 16.2. The summed E-state index contributed by atoms with van der Waals surface area (Å²) in [5.41, 5.74) is 6.40. The maximum Gasteiger partial charge on any atom is 0.272 e. The van der Waals surface area contributed by atoms with E-state index < -0.39 is 0 Å². The van der Waals surface area contributed by atoms with Crippen LogP contribution in [0.1, 0.15) is 15.9 Å². The lowest BCUT2D eigenvalue weighted by molar-refractivity contribution is 0.0956. The van der Waals surface area contributed by atoms with Gasteiger partial charge in [0, 0.05) is 28.9 Å². The Hall–Kier alpha value is -3.86. The predicted octanol–water partition coefficient (Wildman–Crippen LogP) is 4.06. The van der Waals surface area contributed by atoms with E-state index in [-0.39, 0.29) is 5.91 Å². The number of aromatic nitrogens is 2. The minimum atomic E-state index is -0.286. The molecule has 0 saturated heterocycles. The number of hydrogen-bond donors (Lipinski definition) is 1. The Morgan fingerprint density at radius 1 is 0.963 bits per heavy atom. The molecule has 0 bridgehead atoms. The Labute approximate surface area is 156 Å². The molecule has 4 aromatic rings. The van der Waals surface area contributed by atoms with Gasteiger partial charge in [0.15, 0.2) is 0 Å². The van der Waals surface area contributed by atoms with Crippen LogP contribution in [0.4, 0.5) is 0 Å². The van der Waals surface area contributed by atoms with Gasteiger partial charge in [-0.15, -0.1) is 0 Å². The van der Waals surface area contributed by atoms with Gasteiger partial charge in [0.05, 0.1) is 23.0 Å². The van der Waals surface area contributed by atoms with Crippen LogP contribution < -0.4 is 5.43 Å². The molecule has 4 rings (SSSR count). The molecule has 0 fully saturated rings. The highest BCUT2D eigenvalue weighted by molar-refractivity contribution is 6.07. The molecule has 0 radical (unpaired) electrons. The number of nitrogens with one attached hydrogen (secondary N) is 1. The largest absolute Gasteiger partial charge is 0.272 e. The number of carbonyl (C=O) groups excluding carboxylic acids is 1. The smallest absolute Gasteiger partial charge is 0.267 e. The summed E-state index contributed by atoms with van der Waals surface area (Å²) >= 11 is 0. The zero-order valence-corrected chi connectivity index (χ0v) is 14.4. The number of carbonyl (C=O) groups is 1. The van der Waals surface area contributed by atoms with Gasteiger partial charge in [-0.25, -0.2) is 10.4 Å². The summed E-state index contributed by atoms with van der Waals surface area (Å²) in [7, 11) is 0. The van der Waals surface area contributed by atoms with E-state index in [4.69, 9.17) is 0 Å². The molecule has 5 nitrogen and oxygen atoms in total. The van der Waals surface area contributed by atoms with E-state index in [1.165, 1.54) is 0 Å². The van der Waals surface area contributed by atoms with Gasteiger partial charge in [0.25, 0.3) is 5.91 Å². The molecule has 2 aromatic heterocycles. The first-order valence-corrected chi connectivity index (χ1v) is 8.50. The lowest BCUT2D eigenvalue weighted by Gasteiger charge is -2.09. The summed E-state index contributed by atoms with van der Waals surface area (Å²) < 4.78 is 0. The Kier molecular flexibility index (Phi) is 4.66. The van der Waals surface area contributed by atoms with Crippen LogP contribution in [-0.2, 0) is 0 Å². The average molecular weight is 352 g/mol. The number of para-hydroxylation sites is 1. The molecule has 0 atom stereocenters. The fourth-order valence-electron chi connectivity index (χ4n) is 2.80. The van der Waals surface area contributed by atoms with Crippen molar-refractivity contribution in [3.63, 3.8) is 0 Å². The molecule has 1 N–H and O–H groups in total. The number of pyridine rings is 2. The number of fused-ring (bicyclic) bond motifs is 1. The minimum absolute atomic E-state index is 0.286. The van der Waals surface area contributed by atoms with E-state index in [9.17, 15) is 4.79 Å². The number of nitrogens with zero attached hydrogens (tertiary/aromatic N) is 3. The van der Waals surface area contributed by atoms with Crippen LogP contribution >= 0.6 is 0 Å². The van der Waals surface area contributed by atoms with E-state index >= 15 is 0 Å². The average Bonchev–Trinajstić information content (AvgIpc) is 2.74. The van der Waals surface area contributed by atoms with E-state index in [0.717, 1.165) is 27.7 Å². The predicted molar refractivity (Wildman–Crippen MR) is 106 cm³/mol. The van der Waals surface area contributed by atoms with Gasteiger partial charge in [-0.3, -0.25) is 9.78 Å². The molecule has 1 amide bonds. The van der Waals surface area contributed by atoms with Crippen molar-refractivity contribution in [2.75, 3.05) is 0 Å². The SMILES string of the molecule is O=C(N/N=C\c1cccnc1)c1cc(-c2ccccc2)nc2ccccc12. The Balaban J connectivity index is 1.69. The van der Waals surface area contributed by atoms with Gasteiger partial charge in [0.1, 0.15) is 0 Å². The molecule has 2 heterocycles. The molecule has 27 heavy (non-hydrogen) atoms. The molecule has 0 unspecified atom stereocenters. The third kappa shape index (κ3) is 3.72. The van der Waals surface area contributed by atoms with Crippen molar-refractivity contribution in [1.82, 2.24) is 15.4 Å². The first kappa shape index (κ1) is 16.6. The molecular weight excluding hydrogens is 336 g/mol. The molecule has 5 heteroatoms. The van der Waals surface area contributed by atoms with Gasteiger partial charge >= 0.3 is 0 Å². The Bertz CT molecular complexity index is 1110. The van der Waals surface area contributed by atoms with Crippen molar-refractivity contribution in [1.29, 1.82) is 0 Å². The number of amides is 1. The first-order valence-electron chi connectivity index (χ1n) is 8.50. The minimum Gasteiger partial charge on any atom is -0.267 e. The summed E-state index contributed by atoms with van der Waals surface area (Å²) in [5.74, 6) is -0.286. The van der Waals surface area contributed by atoms with E-state index in [1.54, 1.807) is 24.7 Å². The van der Waals surface area contributed by atoms with Crippen molar-refractivity contribution >= 4 is 23.0 Å². The topological polar surface area (TPSA) is 67.2 Å². The van der Waals surface area contributed by atoms with Crippen LogP contribution in [0.3, 0.4) is 0 Å². The van der Waals surface area contributed by atoms with E-state index in [1.807, 2.05) is 66.7 Å². The van der Waals surface area contributed by atoms with Gasteiger partial charge in [0.2, 0.25) is 0 Å². The van der Waals surface area contributed by atoms with Crippen LogP contribution in [-0.4, -0.2) is 22.1 Å². The van der Waals surface area contributed by atoms with Crippen LogP contribution in [0.25, 0.3) is 22.2 Å². The first-order chi connectivity index (χ1) is 13.3. The number of hydrazone groups is 1. The number of hydrogen-bond acceptors (Lipinski definition) is 4. The standard InChI is InChI=1S/C22H16N4O/c27-22(26-24-15-16-7-6-12-23-14-16)19-13-21(17-8-2-1-3-9-17)25-20-11-5-4-10-18(19)20/h1-15H,(H,26,27)/b24-15-. The van der Waals surface area contributed by atoms with Crippen molar-refractivity contribution < 1.29 is 4.79 Å². The molecule has 0 aliphatic carbocycles. The van der Waals surface area contributed by atoms with Crippen molar-refractivity contribution in [2.45, 2.75) is 0 Å². The number of benzene rings is 2. The maximum atomic E-state index is 12.8.